The Morgan fingerprint density at radius 2 is 1.96 bits per heavy atom. The van der Waals surface area contributed by atoms with Crippen LogP contribution >= 0.6 is 0 Å². The number of amides is 1. The van der Waals surface area contributed by atoms with E-state index < -0.39 is 29.3 Å². The molecule has 0 bridgehead atoms. The lowest BCUT2D eigenvalue weighted by atomic mass is 10.1. The first-order valence-electron chi connectivity index (χ1n) is 9.46. The zero-order valence-corrected chi connectivity index (χ0v) is 15.4. The van der Waals surface area contributed by atoms with Gasteiger partial charge in [0.25, 0.3) is 0 Å². The number of benzene rings is 1. The van der Waals surface area contributed by atoms with Crippen molar-refractivity contribution in [1.29, 1.82) is 0 Å². The van der Waals surface area contributed by atoms with Crippen LogP contribution in [0, 0.1) is 29.3 Å². The summed E-state index contributed by atoms with van der Waals surface area (Å²) in [5.74, 6) is -2.95. The van der Waals surface area contributed by atoms with Gasteiger partial charge in [-0.05, 0) is 61.8 Å². The maximum absolute atomic E-state index is 13.9. The van der Waals surface area contributed by atoms with Gasteiger partial charge in [-0.3, -0.25) is 9.78 Å². The summed E-state index contributed by atoms with van der Waals surface area (Å²) in [6.45, 7) is 2.51. The largest absolute Gasteiger partial charge is 0.492 e. The van der Waals surface area contributed by atoms with Crippen LogP contribution in [-0.2, 0) is 4.79 Å². The Balaban J connectivity index is 1.33. The third kappa shape index (κ3) is 4.13. The quantitative estimate of drug-likeness (QED) is 0.719. The van der Waals surface area contributed by atoms with E-state index in [2.05, 4.69) is 10.3 Å². The van der Waals surface area contributed by atoms with Crippen molar-refractivity contribution >= 4 is 5.91 Å². The maximum atomic E-state index is 13.9. The van der Waals surface area contributed by atoms with Gasteiger partial charge in [-0.15, -0.1) is 0 Å². The summed E-state index contributed by atoms with van der Waals surface area (Å²) in [6.07, 6.45) is 4.47. The van der Waals surface area contributed by atoms with E-state index in [0.717, 1.165) is 6.07 Å². The van der Waals surface area contributed by atoms with Gasteiger partial charge in [0, 0.05) is 12.0 Å². The molecule has 0 unspecified atom stereocenters. The van der Waals surface area contributed by atoms with E-state index in [1.807, 2.05) is 6.07 Å². The molecule has 0 spiro atoms. The van der Waals surface area contributed by atoms with Crippen molar-refractivity contribution in [2.75, 3.05) is 6.61 Å². The third-order valence-corrected chi connectivity index (χ3v) is 5.31. The zero-order chi connectivity index (χ0) is 19.8. The second-order valence-electron chi connectivity index (χ2n) is 7.64. The van der Waals surface area contributed by atoms with Crippen molar-refractivity contribution in [2.45, 2.75) is 38.1 Å². The molecule has 2 fully saturated rings. The minimum absolute atomic E-state index is 0.0435. The lowest BCUT2D eigenvalue weighted by Crippen LogP contribution is -2.29. The Kier molecular flexibility index (Phi) is 5.00. The minimum Gasteiger partial charge on any atom is -0.492 e. The minimum atomic E-state index is -1.23. The number of aromatic nitrogens is 1. The molecule has 3 atom stereocenters. The molecule has 2 aromatic rings. The molecule has 1 aromatic carbocycles. The molecule has 7 heteroatoms. The smallest absolute Gasteiger partial charge is 0.224 e. The number of carbonyl (C=O) groups is 1. The Labute approximate surface area is 161 Å². The standard InChI is InChI=1S/C21H21F3N2O2/c1-11(20-5-4-13(9-25-20)28-10-12-2-3-12)26-21(27)16-6-14(16)15-7-18(23)19(24)8-17(15)22/h4-5,7-9,11-12,14,16H,2-3,6,10H2,1H3,(H,26,27)/t11-,14+,16-/m1/s1. The lowest BCUT2D eigenvalue weighted by Gasteiger charge is -2.14. The molecule has 0 saturated heterocycles. The van der Waals surface area contributed by atoms with Crippen LogP contribution in [0.1, 0.15) is 49.4 Å². The molecule has 2 aliphatic rings. The topological polar surface area (TPSA) is 51.2 Å². The van der Waals surface area contributed by atoms with E-state index in [0.29, 0.717) is 36.5 Å². The molecule has 4 rings (SSSR count). The van der Waals surface area contributed by atoms with Crippen molar-refractivity contribution in [3.05, 3.63) is 59.2 Å². The summed E-state index contributed by atoms with van der Waals surface area (Å²) in [5, 5.41) is 2.85. The molecule has 2 aliphatic carbocycles. The molecule has 1 amide bonds. The van der Waals surface area contributed by atoms with Crippen molar-refractivity contribution in [2.24, 2.45) is 11.8 Å². The average Bonchev–Trinajstić information content (AvgIpc) is 3.57. The number of nitrogens with zero attached hydrogens (tertiary/aromatic N) is 1. The molecule has 28 heavy (non-hydrogen) atoms. The highest BCUT2D eigenvalue weighted by Gasteiger charge is 2.46. The third-order valence-electron chi connectivity index (χ3n) is 5.31. The second kappa shape index (κ2) is 7.45. The van der Waals surface area contributed by atoms with Crippen molar-refractivity contribution in [3.63, 3.8) is 0 Å². The van der Waals surface area contributed by atoms with Crippen LogP contribution in [0.25, 0.3) is 0 Å². The van der Waals surface area contributed by atoms with Gasteiger partial charge in [-0.2, -0.15) is 0 Å². The molecule has 1 heterocycles. The highest BCUT2D eigenvalue weighted by molar-refractivity contribution is 5.83. The van der Waals surface area contributed by atoms with Gasteiger partial charge >= 0.3 is 0 Å². The predicted octanol–water partition coefficient (Wildman–Crippen LogP) is 4.27. The SMILES string of the molecule is C[C@@H](NC(=O)[C@@H]1C[C@H]1c1cc(F)c(F)cc1F)c1ccc(OCC2CC2)cn1. The van der Waals surface area contributed by atoms with Crippen molar-refractivity contribution in [3.8, 4) is 5.75 Å². The number of rotatable bonds is 7. The van der Waals surface area contributed by atoms with E-state index in [1.165, 1.54) is 12.8 Å². The number of halogens is 3. The zero-order valence-electron chi connectivity index (χ0n) is 15.4. The normalized spacial score (nSPS) is 21.9. The molecular weight excluding hydrogens is 369 g/mol. The van der Waals surface area contributed by atoms with E-state index in [1.54, 1.807) is 19.2 Å². The van der Waals surface area contributed by atoms with Gasteiger partial charge in [0.15, 0.2) is 11.6 Å². The molecule has 0 aliphatic heterocycles. The van der Waals surface area contributed by atoms with Gasteiger partial charge < -0.3 is 10.1 Å². The number of carbonyl (C=O) groups excluding carboxylic acids is 1. The molecule has 1 N–H and O–H groups in total. The van der Waals surface area contributed by atoms with Gasteiger partial charge in [-0.25, -0.2) is 13.2 Å². The predicted molar refractivity (Wildman–Crippen MR) is 96.2 cm³/mol. The summed E-state index contributed by atoms with van der Waals surface area (Å²) in [4.78, 5) is 16.8. The molecule has 148 valence electrons. The summed E-state index contributed by atoms with van der Waals surface area (Å²) < 4.78 is 46.0. The molecule has 1 aromatic heterocycles. The van der Waals surface area contributed by atoms with Crippen LogP contribution in [0.4, 0.5) is 13.2 Å². The number of ether oxygens (including phenoxy) is 1. The van der Waals surface area contributed by atoms with Crippen LogP contribution in [0.3, 0.4) is 0 Å². The van der Waals surface area contributed by atoms with Gasteiger partial charge in [0.1, 0.15) is 11.6 Å². The second-order valence-corrected chi connectivity index (χ2v) is 7.64. The maximum Gasteiger partial charge on any atom is 0.224 e. The summed E-state index contributed by atoms with van der Waals surface area (Å²) >= 11 is 0. The molecule has 4 nitrogen and oxygen atoms in total. The molecule has 2 saturated carbocycles. The van der Waals surface area contributed by atoms with E-state index in [9.17, 15) is 18.0 Å². The fourth-order valence-corrected chi connectivity index (χ4v) is 3.28. The van der Waals surface area contributed by atoms with Crippen LogP contribution in [0.5, 0.6) is 5.75 Å². The fourth-order valence-electron chi connectivity index (χ4n) is 3.28. The summed E-state index contributed by atoms with van der Waals surface area (Å²) in [6, 6.07) is 4.66. The lowest BCUT2D eigenvalue weighted by molar-refractivity contribution is -0.123. The Hall–Kier alpha value is -2.57. The van der Waals surface area contributed by atoms with Crippen LogP contribution < -0.4 is 10.1 Å². The Bertz CT molecular complexity index is 884. The van der Waals surface area contributed by atoms with Crippen molar-refractivity contribution in [1.82, 2.24) is 10.3 Å². The molecular formula is C21H21F3N2O2. The van der Waals surface area contributed by atoms with E-state index >= 15 is 0 Å². The highest BCUT2D eigenvalue weighted by atomic mass is 19.2. The van der Waals surface area contributed by atoms with Crippen molar-refractivity contribution < 1.29 is 22.7 Å². The first kappa shape index (κ1) is 18.8. The number of hydrogen-bond acceptors (Lipinski definition) is 3. The van der Waals surface area contributed by atoms with Gasteiger partial charge in [-0.1, -0.05) is 0 Å². The number of pyridine rings is 1. The van der Waals surface area contributed by atoms with E-state index in [-0.39, 0.29) is 17.5 Å². The number of hydrogen-bond donors (Lipinski definition) is 1. The first-order valence-corrected chi connectivity index (χ1v) is 9.46. The monoisotopic (exact) mass is 390 g/mol. The fraction of sp³-hybridized carbons (Fsp3) is 0.429. The highest BCUT2D eigenvalue weighted by Crippen LogP contribution is 2.48. The van der Waals surface area contributed by atoms with E-state index in [4.69, 9.17) is 4.74 Å². The molecule has 0 radical (unpaired) electrons. The van der Waals surface area contributed by atoms with Crippen LogP contribution in [0.15, 0.2) is 30.5 Å². The summed E-state index contributed by atoms with van der Waals surface area (Å²) in [7, 11) is 0. The first-order chi connectivity index (χ1) is 13.4. The van der Waals surface area contributed by atoms with Gasteiger partial charge in [0.05, 0.1) is 24.5 Å². The Morgan fingerprint density at radius 1 is 1.21 bits per heavy atom. The Morgan fingerprint density at radius 3 is 2.64 bits per heavy atom. The van der Waals surface area contributed by atoms with Crippen LogP contribution in [-0.4, -0.2) is 17.5 Å². The van der Waals surface area contributed by atoms with Crippen LogP contribution in [0.2, 0.25) is 0 Å². The van der Waals surface area contributed by atoms with Gasteiger partial charge in [0.2, 0.25) is 5.91 Å². The average molecular weight is 390 g/mol. The summed E-state index contributed by atoms with van der Waals surface area (Å²) in [5.41, 5.74) is 0.727. The number of nitrogens with one attached hydrogen (secondary N) is 1.